The summed E-state index contributed by atoms with van der Waals surface area (Å²) in [4.78, 5) is 9.76. The van der Waals surface area contributed by atoms with Crippen molar-refractivity contribution in [3.63, 3.8) is 0 Å². The monoisotopic (exact) mass is 306 g/mol. The van der Waals surface area contributed by atoms with Crippen molar-refractivity contribution in [1.29, 1.82) is 0 Å². The molecule has 5 heteroatoms. The highest BCUT2D eigenvalue weighted by molar-refractivity contribution is 5.07. The Morgan fingerprint density at radius 1 is 1.27 bits per heavy atom. The Morgan fingerprint density at radius 3 is 2.86 bits per heavy atom. The van der Waals surface area contributed by atoms with Gasteiger partial charge in [0.1, 0.15) is 5.82 Å². The molecular weight excluding hydrogens is 276 g/mol. The third-order valence-corrected chi connectivity index (χ3v) is 5.13. The molecular formula is C17H30N4O. The molecule has 1 atom stereocenters. The summed E-state index contributed by atoms with van der Waals surface area (Å²) in [5.74, 6) is 2.01. The SMILES string of the molecule is CCN(CC)Cc1cnc2n1CCN(C[C@@H]1CCOC1)CC2. The fourth-order valence-corrected chi connectivity index (χ4v) is 3.62. The van der Waals surface area contributed by atoms with Crippen LogP contribution in [0.15, 0.2) is 6.20 Å². The molecule has 3 heterocycles. The first kappa shape index (κ1) is 16.0. The Labute approximate surface area is 134 Å². The van der Waals surface area contributed by atoms with Crippen molar-refractivity contribution >= 4 is 0 Å². The average molecular weight is 306 g/mol. The van der Waals surface area contributed by atoms with E-state index in [4.69, 9.17) is 4.74 Å². The van der Waals surface area contributed by atoms with Crippen LogP contribution in [0.2, 0.25) is 0 Å². The van der Waals surface area contributed by atoms with Gasteiger partial charge in [-0.2, -0.15) is 0 Å². The lowest BCUT2D eigenvalue weighted by atomic mass is 10.1. The molecule has 0 spiro atoms. The van der Waals surface area contributed by atoms with Crippen LogP contribution >= 0.6 is 0 Å². The Morgan fingerprint density at radius 2 is 2.14 bits per heavy atom. The van der Waals surface area contributed by atoms with Gasteiger partial charge in [-0.15, -0.1) is 0 Å². The van der Waals surface area contributed by atoms with Gasteiger partial charge in [-0.3, -0.25) is 4.90 Å². The Kier molecular flexibility index (Phi) is 5.50. The highest BCUT2D eigenvalue weighted by atomic mass is 16.5. The highest BCUT2D eigenvalue weighted by Gasteiger charge is 2.22. The molecule has 1 fully saturated rings. The van der Waals surface area contributed by atoms with Crippen molar-refractivity contribution in [2.24, 2.45) is 5.92 Å². The van der Waals surface area contributed by atoms with E-state index in [9.17, 15) is 0 Å². The smallest absolute Gasteiger partial charge is 0.110 e. The summed E-state index contributed by atoms with van der Waals surface area (Å²) in [6.45, 7) is 14.1. The van der Waals surface area contributed by atoms with Gasteiger partial charge in [-0.25, -0.2) is 4.98 Å². The number of ether oxygens (including phenoxy) is 1. The molecule has 1 aromatic heterocycles. The predicted octanol–water partition coefficient (Wildman–Crippen LogP) is 1.62. The van der Waals surface area contributed by atoms with Gasteiger partial charge in [0.25, 0.3) is 0 Å². The molecule has 1 aromatic rings. The van der Waals surface area contributed by atoms with E-state index in [-0.39, 0.29) is 0 Å². The lowest BCUT2D eigenvalue weighted by Crippen LogP contribution is -2.32. The van der Waals surface area contributed by atoms with Crippen LogP contribution in [-0.4, -0.2) is 65.3 Å². The van der Waals surface area contributed by atoms with Gasteiger partial charge in [0.05, 0.1) is 12.3 Å². The summed E-state index contributed by atoms with van der Waals surface area (Å²) in [7, 11) is 0. The van der Waals surface area contributed by atoms with E-state index in [1.807, 2.05) is 0 Å². The molecule has 5 nitrogen and oxygen atoms in total. The standard InChI is InChI=1S/C17H30N4O/c1-3-19(4-2)13-16-11-18-17-5-7-20(8-9-21(16)17)12-15-6-10-22-14-15/h11,15H,3-10,12-14H2,1-2H3/t15-/m0/s1. The topological polar surface area (TPSA) is 33.5 Å². The van der Waals surface area contributed by atoms with Gasteiger partial charge in [0, 0.05) is 51.9 Å². The van der Waals surface area contributed by atoms with Crippen LogP contribution in [0.1, 0.15) is 31.8 Å². The van der Waals surface area contributed by atoms with Crippen LogP contribution in [0, 0.1) is 5.92 Å². The van der Waals surface area contributed by atoms with E-state index in [2.05, 4.69) is 39.4 Å². The number of rotatable bonds is 6. The van der Waals surface area contributed by atoms with Gasteiger partial charge < -0.3 is 14.2 Å². The number of fused-ring (bicyclic) bond motifs is 1. The van der Waals surface area contributed by atoms with Gasteiger partial charge in [0.15, 0.2) is 0 Å². The van der Waals surface area contributed by atoms with Gasteiger partial charge in [-0.05, 0) is 25.4 Å². The van der Waals surface area contributed by atoms with Gasteiger partial charge in [-0.1, -0.05) is 13.8 Å². The lowest BCUT2D eigenvalue weighted by Gasteiger charge is -2.23. The summed E-state index contributed by atoms with van der Waals surface area (Å²) in [6.07, 6.45) is 4.40. The van der Waals surface area contributed by atoms with Crippen LogP contribution in [0.4, 0.5) is 0 Å². The van der Waals surface area contributed by atoms with Crippen molar-refractivity contribution in [3.8, 4) is 0 Å². The van der Waals surface area contributed by atoms with Crippen LogP contribution in [-0.2, 0) is 24.2 Å². The summed E-state index contributed by atoms with van der Waals surface area (Å²) < 4.78 is 7.98. The first-order chi connectivity index (χ1) is 10.8. The minimum absolute atomic E-state index is 0.737. The second-order valence-electron chi connectivity index (χ2n) is 6.56. The number of nitrogens with zero attached hydrogens (tertiary/aromatic N) is 4. The molecule has 2 aliphatic rings. The van der Waals surface area contributed by atoms with Crippen LogP contribution in [0.25, 0.3) is 0 Å². The zero-order valence-electron chi connectivity index (χ0n) is 14.1. The molecule has 124 valence electrons. The second kappa shape index (κ2) is 7.57. The zero-order chi connectivity index (χ0) is 15.4. The summed E-state index contributed by atoms with van der Waals surface area (Å²) in [6, 6.07) is 0. The third-order valence-electron chi connectivity index (χ3n) is 5.13. The summed E-state index contributed by atoms with van der Waals surface area (Å²) in [5.41, 5.74) is 1.38. The average Bonchev–Trinajstić information content (AvgIpc) is 3.13. The summed E-state index contributed by atoms with van der Waals surface area (Å²) >= 11 is 0. The van der Waals surface area contributed by atoms with Crippen molar-refractivity contribution < 1.29 is 4.74 Å². The fourth-order valence-electron chi connectivity index (χ4n) is 3.62. The number of hydrogen-bond donors (Lipinski definition) is 0. The molecule has 22 heavy (non-hydrogen) atoms. The van der Waals surface area contributed by atoms with Crippen molar-refractivity contribution in [1.82, 2.24) is 19.4 Å². The Bertz CT molecular complexity index is 463. The van der Waals surface area contributed by atoms with E-state index >= 15 is 0 Å². The molecule has 3 rings (SSSR count). The molecule has 0 saturated carbocycles. The molecule has 0 amide bonds. The van der Waals surface area contributed by atoms with Crippen molar-refractivity contribution in [2.75, 3.05) is 45.9 Å². The minimum Gasteiger partial charge on any atom is -0.381 e. The van der Waals surface area contributed by atoms with Crippen LogP contribution in [0.3, 0.4) is 0 Å². The quantitative estimate of drug-likeness (QED) is 0.800. The Balaban J connectivity index is 1.60. The maximum Gasteiger partial charge on any atom is 0.110 e. The Hall–Kier alpha value is -0.910. The van der Waals surface area contributed by atoms with Gasteiger partial charge >= 0.3 is 0 Å². The normalized spacial score (nSPS) is 23.0. The maximum absolute atomic E-state index is 5.51. The molecule has 2 aliphatic heterocycles. The fraction of sp³-hybridized carbons (Fsp3) is 0.824. The number of hydrogen-bond acceptors (Lipinski definition) is 4. The predicted molar refractivity (Wildman–Crippen MR) is 87.9 cm³/mol. The molecule has 0 radical (unpaired) electrons. The van der Waals surface area contributed by atoms with E-state index in [0.717, 1.165) is 64.8 Å². The van der Waals surface area contributed by atoms with E-state index in [1.54, 1.807) is 0 Å². The van der Waals surface area contributed by atoms with Crippen molar-refractivity contribution in [3.05, 3.63) is 17.7 Å². The van der Waals surface area contributed by atoms with Gasteiger partial charge in [0.2, 0.25) is 0 Å². The zero-order valence-corrected chi connectivity index (χ0v) is 14.1. The van der Waals surface area contributed by atoms with Crippen molar-refractivity contribution in [2.45, 2.75) is 39.8 Å². The first-order valence-corrected chi connectivity index (χ1v) is 8.85. The van der Waals surface area contributed by atoms with E-state index in [0.29, 0.717) is 0 Å². The molecule has 0 unspecified atom stereocenters. The second-order valence-corrected chi connectivity index (χ2v) is 6.56. The summed E-state index contributed by atoms with van der Waals surface area (Å²) in [5, 5.41) is 0. The highest BCUT2D eigenvalue weighted by Crippen LogP contribution is 2.17. The molecule has 1 saturated heterocycles. The largest absolute Gasteiger partial charge is 0.381 e. The first-order valence-electron chi connectivity index (χ1n) is 8.85. The van der Waals surface area contributed by atoms with Crippen LogP contribution < -0.4 is 0 Å². The van der Waals surface area contributed by atoms with E-state index < -0.39 is 0 Å². The lowest BCUT2D eigenvalue weighted by molar-refractivity contribution is 0.167. The van der Waals surface area contributed by atoms with E-state index in [1.165, 1.54) is 24.5 Å². The molecule has 0 aromatic carbocycles. The molecule has 0 bridgehead atoms. The molecule has 0 N–H and O–H groups in total. The minimum atomic E-state index is 0.737. The maximum atomic E-state index is 5.51. The molecule has 0 aliphatic carbocycles. The number of imidazole rings is 1. The third kappa shape index (κ3) is 3.70. The van der Waals surface area contributed by atoms with Crippen LogP contribution in [0.5, 0.6) is 0 Å². The number of aromatic nitrogens is 2.